The highest BCUT2D eigenvalue weighted by molar-refractivity contribution is 6.02. The molecule has 2 aromatic carbocycles. The van der Waals surface area contributed by atoms with Crippen molar-refractivity contribution in [3.8, 4) is 5.75 Å². The normalized spacial score (nSPS) is 10.7. The lowest BCUT2D eigenvalue weighted by molar-refractivity contribution is 0.0462. The molecule has 0 bridgehead atoms. The summed E-state index contributed by atoms with van der Waals surface area (Å²) in [5, 5.41) is 5.13. The first-order chi connectivity index (χ1) is 12.7. The van der Waals surface area contributed by atoms with Crippen molar-refractivity contribution >= 4 is 16.7 Å². The summed E-state index contributed by atoms with van der Waals surface area (Å²) in [6.07, 6.45) is 0. The molecule has 0 radical (unpaired) electrons. The molecular formula is C20H20N2O4. The highest BCUT2D eigenvalue weighted by atomic mass is 16.5. The number of carbonyl (C=O) groups is 1. The van der Waals surface area contributed by atoms with E-state index in [1.165, 1.54) is 4.68 Å². The van der Waals surface area contributed by atoms with Crippen molar-refractivity contribution in [3.05, 3.63) is 70.1 Å². The molecule has 0 fully saturated rings. The molecule has 3 rings (SSSR count). The van der Waals surface area contributed by atoms with Crippen molar-refractivity contribution in [1.29, 1.82) is 0 Å². The highest BCUT2D eigenvalue weighted by Crippen LogP contribution is 2.20. The van der Waals surface area contributed by atoms with Crippen LogP contribution in [0.15, 0.2) is 53.3 Å². The molecule has 134 valence electrons. The largest absolute Gasteiger partial charge is 0.493 e. The van der Waals surface area contributed by atoms with E-state index in [1.54, 1.807) is 31.2 Å². The van der Waals surface area contributed by atoms with E-state index in [4.69, 9.17) is 9.47 Å². The number of hydrogen-bond acceptors (Lipinski definition) is 5. The van der Waals surface area contributed by atoms with E-state index in [0.29, 0.717) is 29.7 Å². The Labute approximate surface area is 151 Å². The van der Waals surface area contributed by atoms with Crippen LogP contribution in [-0.4, -0.2) is 22.4 Å². The second-order valence-electron chi connectivity index (χ2n) is 5.63. The van der Waals surface area contributed by atoms with Gasteiger partial charge < -0.3 is 9.47 Å². The minimum atomic E-state index is -0.574. The van der Waals surface area contributed by atoms with Gasteiger partial charge in [0, 0.05) is 17.5 Å². The number of benzene rings is 2. The summed E-state index contributed by atoms with van der Waals surface area (Å²) in [6.45, 7) is 4.66. The van der Waals surface area contributed by atoms with E-state index in [0.717, 1.165) is 5.56 Å². The Bertz CT molecular complexity index is 995. The Kier molecular flexibility index (Phi) is 5.31. The Morgan fingerprint density at radius 1 is 1.04 bits per heavy atom. The number of aromatic nitrogens is 2. The van der Waals surface area contributed by atoms with Crippen LogP contribution in [0.4, 0.5) is 0 Å². The molecule has 0 saturated carbocycles. The van der Waals surface area contributed by atoms with Crippen LogP contribution in [0.2, 0.25) is 0 Å². The van der Waals surface area contributed by atoms with Gasteiger partial charge in [-0.05, 0) is 26.0 Å². The van der Waals surface area contributed by atoms with Crippen molar-refractivity contribution in [1.82, 2.24) is 9.78 Å². The standard InChI is InChI=1S/C20H20N2O4/c1-3-22-19(23)16-11-7-6-10-15(16)18(21-22)20(24)26-13-14-9-5-8-12-17(14)25-4-2/h5-12H,3-4,13H2,1-2H3. The molecule has 0 aliphatic heterocycles. The monoisotopic (exact) mass is 352 g/mol. The lowest BCUT2D eigenvalue weighted by Crippen LogP contribution is -2.25. The predicted molar refractivity (Wildman–Crippen MR) is 98.4 cm³/mol. The maximum absolute atomic E-state index is 12.6. The van der Waals surface area contributed by atoms with Crippen molar-refractivity contribution in [2.24, 2.45) is 0 Å². The first kappa shape index (κ1) is 17.7. The van der Waals surface area contributed by atoms with E-state index < -0.39 is 5.97 Å². The number of aryl methyl sites for hydroxylation is 1. The topological polar surface area (TPSA) is 70.4 Å². The second kappa shape index (κ2) is 7.82. The number of esters is 1. The fraction of sp³-hybridized carbons (Fsp3) is 0.250. The van der Waals surface area contributed by atoms with Crippen LogP contribution in [0.25, 0.3) is 10.8 Å². The molecule has 0 aliphatic carbocycles. The van der Waals surface area contributed by atoms with Crippen molar-refractivity contribution in [3.63, 3.8) is 0 Å². The molecular weight excluding hydrogens is 332 g/mol. The predicted octanol–water partition coefficient (Wildman–Crippen LogP) is 3.17. The Morgan fingerprint density at radius 2 is 1.73 bits per heavy atom. The zero-order valence-corrected chi connectivity index (χ0v) is 14.8. The van der Waals surface area contributed by atoms with E-state index >= 15 is 0 Å². The minimum Gasteiger partial charge on any atom is -0.493 e. The second-order valence-corrected chi connectivity index (χ2v) is 5.63. The summed E-state index contributed by atoms with van der Waals surface area (Å²) in [5.74, 6) is 0.105. The summed E-state index contributed by atoms with van der Waals surface area (Å²) in [4.78, 5) is 25.0. The average molecular weight is 352 g/mol. The van der Waals surface area contributed by atoms with Gasteiger partial charge in [0.15, 0.2) is 5.69 Å². The fourth-order valence-corrected chi connectivity index (χ4v) is 2.73. The maximum Gasteiger partial charge on any atom is 0.359 e. The number of ether oxygens (including phenoxy) is 2. The first-order valence-corrected chi connectivity index (χ1v) is 8.53. The van der Waals surface area contributed by atoms with Gasteiger partial charge >= 0.3 is 5.97 Å². The molecule has 1 heterocycles. The third-order valence-electron chi connectivity index (χ3n) is 3.99. The van der Waals surface area contributed by atoms with Crippen LogP contribution >= 0.6 is 0 Å². The Balaban J connectivity index is 1.92. The van der Waals surface area contributed by atoms with Crippen LogP contribution < -0.4 is 10.3 Å². The van der Waals surface area contributed by atoms with Gasteiger partial charge in [0.25, 0.3) is 5.56 Å². The molecule has 26 heavy (non-hydrogen) atoms. The average Bonchev–Trinajstić information content (AvgIpc) is 2.68. The lowest BCUT2D eigenvalue weighted by atomic mass is 10.1. The van der Waals surface area contributed by atoms with Crippen LogP contribution in [-0.2, 0) is 17.9 Å². The molecule has 0 N–H and O–H groups in total. The van der Waals surface area contributed by atoms with Gasteiger partial charge in [0.2, 0.25) is 0 Å². The molecule has 1 aromatic heterocycles. The zero-order chi connectivity index (χ0) is 18.5. The fourth-order valence-electron chi connectivity index (χ4n) is 2.73. The molecule has 0 unspecified atom stereocenters. The van der Waals surface area contributed by atoms with Gasteiger partial charge in [-0.1, -0.05) is 36.4 Å². The Hall–Kier alpha value is -3.15. The van der Waals surface area contributed by atoms with Gasteiger partial charge in [-0.2, -0.15) is 5.10 Å². The number of carbonyl (C=O) groups excluding carboxylic acids is 1. The third-order valence-corrected chi connectivity index (χ3v) is 3.99. The molecule has 3 aromatic rings. The van der Waals surface area contributed by atoms with Crippen LogP contribution in [0.3, 0.4) is 0 Å². The molecule has 0 spiro atoms. The minimum absolute atomic E-state index is 0.0657. The zero-order valence-electron chi connectivity index (χ0n) is 14.8. The van der Waals surface area contributed by atoms with Gasteiger partial charge in [0.05, 0.1) is 12.0 Å². The van der Waals surface area contributed by atoms with Gasteiger partial charge in [0.1, 0.15) is 12.4 Å². The van der Waals surface area contributed by atoms with Gasteiger partial charge in [-0.15, -0.1) is 0 Å². The first-order valence-electron chi connectivity index (χ1n) is 8.53. The summed E-state index contributed by atoms with van der Waals surface area (Å²) >= 11 is 0. The molecule has 0 saturated heterocycles. The van der Waals surface area contributed by atoms with E-state index in [-0.39, 0.29) is 17.9 Å². The SMILES string of the molecule is CCOc1ccccc1COC(=O)c1nn(CC)c(=O)c2ccccc12. The van der Waals surface area contributed by atoms with E-state index in [2.05, 4.69) is 5.10 Å². The molecule has 6 nitrogen and oxygen atoms in total. The van der Waals surface area contributed by atoms with Crippen molar-refractivity contribution in [2.45, 2.75) is 27.0 Å². The lowest BCUT2D eigenvalue weighted by Gasteiger charge is -2.12. The quantitative estimate of drug-likeness (QED) is 0.637. The highest BCUT2D eigenvalue weighted by Gasteiger charge is 2.18. The van der Waals surface area contributed by atoms with E-state index in [1.807, 2.05) is 31.2 Å². The molecule has 0 aliphatic rings. The van der Waals surface area contributed by atoms with Gasteiger partial charge in [-0.3, -0.25) is 4.79 Å². The molecule has 0 amide bonds. The van der Waals surface area contributed by atoms with Crippen LogP contribution in [0, 0.1) is 0 Å². The third kappa shape index (κ3) is 3.44. The van der Waals surface area contributed by atoms with Crippen molar-refractivity contribution < 1.29 is 14.3 Å². The van der Waals surface area contributed by atoms with Crippen LogP contribution in [0.1, 0.15) is 29.9 Å². The molecule has 0 atom stereocenters. The number of nitrogens with zero attached hydrogens (tertiary/aromatic N) is 2. The number of rotatable bonds is 6. The molecule has 6 heteroatoms. The summed E-state index contributed by atoms with van der Waals surface area (Å²) in [6, 6.07) is 14.3. The summed E-state index contributed by atoms with van der Waals surface area (Å²) < 4.78 is 12.3. The Morgan fingerprint density at radius 3 is 2.46 bits per heavy atom. The number of fused-ring (bicyclic) bond motifs is 1. The number of hydrogen-bond donors (Lipinski definition) is 0. The maximum atomic E-state index is 12.6. The van der Waals surface area contributed by atoms with Crippen LogP contribution in [0.5, 0.6) is 5.75 Å². The van der Waals surface area contributed by atoms with Gasteiger partial charge in [-0.25, -0.2) is 9.48 Å². The van der Waals surface area contributed by atoms with E-state index in [9.17, 15) is 9.59 Å². The smallest absolute Gasteiger partial charge is 0.359 e. The van der Waals surface area contributed by atoms with Crippen molar-refractivity contribution in [2.75, 3.05) is 6.61 Å². The summed E-state index contributed by atoms with van der Waals surface area (Å²) in [5.41, 5.74) is 0.688. The summed E-state index contributed by atoms with van der Waals surface area (Å²) in [7, 11) is 0. The number of para-hydroxylation sites is 1.